The molecule has 4 N–H and O–H groups in total. The molecule has 0 aromatic heterocycles. The number of aliphatic hydroxyl groups excluding tert-OH is 2. The molecule has 0 aliphatic heterocycles. The summed E-state index contributed by atoms with van der Waals surface area (Å²) in [4.78, 5) is 25.0. The maximum atomic E-state index is 12.3. The maximum absolute atomic E-state index is 12.3. The van der Waals surface area contributed by atoms with E-state index in [4.69, 9.17) is 4.74 Å². The highest BCUT2D eigenvalue weighted by Gasteiger charge is 2.31. The van der Waals surface area contributed by atoms with E-state index in [2.05, 4.69) is 5.32 Å². The first-order valence-corrected chi connectivity index (χ1v) is 9.75. The van der Waals surface area contributed by atoms with Crippen LogP contribution in [0.5, 0.6) is 0 Å². The van der Waals surface area contributed by atoms with Gasteiger partial charge in [0.2, 0.25) is 0 Å². The number of carbonyl (C=O) groups is 2. The molecule has 160 valence electrons. The van der Waals surface area contributed by atoms with Gasteiger partial charge in [-0.3, -0.25) is 4.90 Å². The SMILES string of the molecule is CC(O)N(CC(NC(=O)OCC1c2ccccc2-c2ccccc21)C(=O)O)[C@H](C)O. The number of aliphatic carboxylic acids is 1. The van der Waals surface area contributed by atoms with Gasteiger partial charge in [0.25, 0.3) is 0 Å². The summed E-state index contributed by atoms with van der Waals surface area (Å²) < 4.78 is 5.37. The van der Waals surface area contributed by atoms with E-state index in [0.29, 0.717) is 0 Å². The second-order valence-electron chi connectivity index (χ2n) is 7.32. The van der Waals surface area contributed by atoms with Crippen LogP contribution in [-0.2, 0) is 9.53 Å². The van der Waals surface area contributed by atoms with Crippen LogP contribution in [0.2, 0.25) is 0 Å². The summed E-state index contributed by atoms with van der Waals surface area (Å²) in [6.45, 7) is 2.58. The Morgan fingerprint density at radius 1 is 1.00 bits per heavy atom. The van der Waals surface area contributed by atoms with Gasteiger partial charge in [0.05, 0.1) is 0 Å². The molecular formula is C22H26N2O6. The molecule has 0 saturated carbocycles. The molecule has 1 amide bonds. The van der Waals surface area contributed by atoms with E-state index in [1.54, 1.807) is 0 Å². The van der Waals surface area contributed by atoms with Crippen molar-refractivity contribution < 1.29 is 29.6 Å². The summed E-state index contributed by atoms with van der Waals surface area (Å²) >= 11 is 0. The van der Waals surface area contributed by atoms with Crippen molar-refractivity contribution in [2.24, 2.45) is 0 Å². The van der Waals surface area contributed by atoms with Crippen LogP contribution in [0.15, 0.2) is 48.5 Å². The van der Waals surface area contributed by atoms with Gasteiger partial charge in [0.15, 0.2) is 0 Å². The van der Waals surface area contributed by atoms with Crippen LogP contribution in [0.3, 0.4) is 0 Å². The first kappa shape index (κ1) is 21.8. The summed E-state index contributed by atoms with van der Waals surface area (Å²) in [7, 11) is 0. The van der Waals surface area contributed by atoms with Crippen LogP contribution in [-0.4, -0.2) is 63.9 Å². The van der Waals surface area contributed by atoms with Crippen LogP contribution >= 0.6 is 0 Å². The van der Waals surface area contributed by atoms with E-state index in [1.807, 2.05) is 48.5 Å². The summed E-state index contributed by atoms with van der Waals surface area (Å²) in [6, 6.07) is 14.4. The third-order valence-corrected chi connectivity index (χ3v) is 5.29. The fraction of sp³-hybridized carbons (Fsp3) is 0.364. The number of benzene rings is 2. The van der Waals surface area contributed by atoms with Crippen molar-refractivity contribution >= 4 is 12.1 Å². The van der Waals surface area contributed by atoms with Crippen molar-refractivity contribution in [3.63, 3.8) is 0 Å². The Hall–Kier alpha value is -2.94. The van der Waals surface area contributed by atoms with Gasteiger partial charge in [-0.05, 0) is 36.1 Å². The normalized spacial score (nSPS) is 15.8. The lowest BCUT2D eigenvalue weighted by Crippen LogP contribution is -2.53. The number of hydrogen-bond donors (Lipinski definition) is 4. The maximum Gasteiger partial charge on any atom is 0.407 e. The third-order valence-electron chi connectivity index (χ3n) is 5.29. The lowest BCUT2D eigenvalue weighted by Gasteiger charge is -2.30. The molecule has 0 fully saturated rings. The van der Waals surface area contributed by atoms with Crippen LogP contribution in [0.4, 0.5) is 4.79 Å². The Balaban J connectivity index is 1.67. The minimum absolute atomic E-state index is 0.0583. The van der Waals surface area contributed by atoms with Gasteiger partial charge in [0.1, 0.15) is 25.1 Å². The minimum atomic E-state index is -1.36. The predicted molar refractivity (Wildman–Crippen MR) is 110 cm³/mol. The lowest BCUT2D eigenvalue weighted by atomic mass is 9.98. The summed E-state index contributed by atoms with van der Waals surface area (Å²) in [5.74, 6) is -1.44. The number of nitrogens with one attached hydrogen (secondary N) is 1. The molecule has 0 spiro atoms. The molecule has 0 bridgehead atoms. The summed E-state index contributed by atoms with van der Waals surface area (Å²) in [5.41, 5.74) is 4.29. The van der Waals surface area contributed by atoms with E-state index in [-0.39, 0.29) is 19.1 Å². The third kappa shape index (κ3) is 4.62. The summed E-state index contributed by atoms with van der Waals surface area (Å²) in [6.07, 6.45) is -3.05. The average Bonchev–Trinajstić information content (AvgIpc) is 3.02. The van der Waals surface area contributed by atoms with Gasteiger partial charge in [-0.25, -0.2) is 9.59 Å². The Morgan fingerprint density at radius 3 is 1.97 bits per heavy atom. The van der Waals surface area contributed by atoms with Gasteiger partial charge in [-0.15, -0.1) is 0 Å². The Kier molecular flexibility index (Phi) is 6.71. The fourth-order valence-electron chi connectivity index (χ4n) is 3.80. The molecular weight excluding hydrogens is 388 g/mol. The van der Waals surface area contributed by atoms with E-state index < -0.39 is 30.6 Å². The molecule has 1 aliphatic rings. The van der Waals surface area contributed by atoms with Crippen molar-refractivity contribution in [3.8, 4) is 11.1 Å². The molecule has 2 unspecified atom stereocenters. The molecule has 0 saturated heterocycles. The average molecular weight is 414 g/mol. The molecule has 2 aromatic carbocycles. The second-order valence-corrected chi connectivity index (χ2v) is 7.32. The Bertz CT molecular complexity index is 861. The zero-order chi connectivity index (χ0) is 21.8. The number of carboxylic acids is 1. The molecule has 8 heteroatoms. The van der Waals surface area contributed by atoms with Crippen LogP contribution in [0.1, 0.15) is 30.9 Å². The number of amides is 1. The lowest BCUT2D eigenvalue weighted by molar-refractivity contribution is -0.143. The number of alkyl carbamates (subject to hydrolysis) is 1. The van der Waals surface area contributed by atoms with Gasteiger partial charge >= 0.3 is 12.1 Å². The Morgan fingerprint density at radius 2 is 1.50 bits per heavy atom. The van der Waals surface area contributed by atoms with E-state index in [0.717, 1.165) is 27.2 Å². The van der Waals surface area contributed by atoms with Crippen molar-refractivity contribution in [2.75, 3.05) is 13.2 Å². The van der Waals surface area contributed by atoms with E-state index in [1.165, 1.54) is 13.8 Å². The number of rotatable bonds is 8. The first-order valence-electron chi connectivity index (χ1n) is 9.75. The second kappa shape index (κ2) is 9.25. The molecule has 2 aromatic rings. The first-order chi connectivity index (χ1) is 14.3. The standard InChI is InChI=1S/C22H26N2O6/c1-13(25)24(14(2)26)11-20(21(27)28)23-22(29)30-12-19-17-9-5-3-7-15(17)16-8-4-6-10-18(16)19/h3-10,13-14,19-20,25-26H,11-12H2,1-2H3,(H,23,29)(H,27,28)/t13-,14?,20?/m0/s1. The van der Waals surface area contributed by atoms with E-state index in [9.17, 15) is 24.9 Å². The molecule has 0 heterocycles. The molecule has 1 aliphatic carbocycles. The van der Waals surface area contributed by atoms with Gasteiger partial charge in [0, 0.05) is 12.5 Å². The number of aliphatic hydroxyl groups is 2. The highest BCUT2D eigenvalue weighted by molar-refractivity contribution is 5.81. The van der Waals surface area contributed by atoms with E-state index >= 15 is 0 Å². The monoisotopic (exact) mass is 414 g/mol. The number of ether oxygens (including phenoxy) is 1. The van der Waals surface area contributed by atoms with Crippen LogP contribution in [0.25, 0.3) is 11.1 Å². The fourth-order valence-corrected chi connectivity index (χ4v) is 3.80. The van der Waals surface area contributed by atoms with Gasteiger partial charge < -0.3 is 25.4 Å². The quantitative estimate of drug-likeness (QED) is 0.488. The van der Waals surface area contributed by atoms with Crippen LogP contribution in [0, 0.1) is 0 Å². The largest absolute Gasteiger partial charge is 0.480 e. The molecule has 30 heavy (non-hydrogen) atoms. The number of carbonyl (C=O) groups excluding carboxylic acids is 1. The molecule has 8 nitrogen and oxygen atoms in total. The topological polar surface area (TPSA) is 119 Å². The molecule has 3 atom stereocenters. The summed E-state index contributed by atoms with van der Waals surface area (Å²) in [5, 5.41) is 31.1. The predicted octanol–water partition coefficient (Wildman–Crippen LogP) is 1.96. The van der Waals surface area contributed by atoms with Crippen molar-refractivity contribution in [3.05, 3.63) is 59.7 Å². The molecule has 0 radical (unpaired) electrons. The van der Waals surface area contributed by atoms with Gasteiger partial charge in [-0.2, -0.15) is 0 Å². The van der Waals surface area contributed by atoms with Crippen molar-refractivity contribution in [2.45, 2.75) is 38.3 Å². The van der Waals surface area contributed by atoms with Crippen molar-refractivity contribution in [1.82, 2.24) is 10.2 Å². The minimum Gasteiger partial charge on any atom is -0.480 e. The zero-order valence-corrected chi connectivity index (χ0v) is 16.9. The van der Waals surface area contributed by atoms with Crippen LogP contribution < -0.4 is 5.32 Å². The van der Waals surface area contributed by atoms with Crippen molar-refractivity contribution in [1.29, 1.82) is 0 Å². The highest BCUT2D eigenvalue weighted by Crippen LogP contribution is 2.44. The number of hydrogen-bond acceptors (Lipinski definition) is 6. The van der Waals surface area contributed by atoms with Gasteiger partial charge in [-0.1, -0.05) is 48.5 Å². The number of fused-ring (bicyclic) bond motifs is 3. The zero-order valence-electron chi connectivity index (χ0n) is 16.9. The Labute approximate surface area is 174 Å². The molecule has 3 rings (SSSR count). The highest BCUT2D eigenvalue weighted by atomic mass is 16.5. The number of carboxylic acid groups (broad SMARTS) is 1. The smallest absolute Gasteiger partial charge is 0.407 e. The number of nitrogens with zero attached hydrogens (tertiary/aromatic N) is 1.